The highest BCUT2D eigenvalue weighted by Gasteiger charge is 2.06. The summed E-state index contributed by atoms with van der Waals surface area (Å²) in [6, 6.07) is 0. The van der Waals surface area contributed by atoms with Crippen LogP contribution in [0.3, 0.4) is 0 Å². The molecule has 0 saturated carbocycles. The molecular formula is C7H9ClO. The SMILES string of the molecule is OC=C1CCCC=C1Cl. The van der Waals surface area contributed by atoms with Crippen LogP contribution in [0.25, 0.3) is 0 Å². The molecule has 1 aliphatic carbocycles. The summed E-state index contributed by atoms with van der Waals surface area (Å²) in [5, 5.41) is 9.29. The van der Waals surface area contributed by atoms with Crippen LogP contribution >= 0.6 is 11.6 Å². The maximum Gasteiger partial charge on any atom is 0.0838 e. The molecule has 9 heavy (non-hydrogen) atoms. The molecule has 0 aromatic carbocycles. The van der Waals surface area contributed by atoms with Crippen molar-refractivity contribution in [2.45, 2.75) is 19.3 Å². The van der Waals surface area contributed by atoms with E-state index in [9.17, 15) is 0 Å². The number of aliphatic hydroxyl groups excluding tert-OH is 1. The lowest BCUT2D eigenvalue weighted by molar-refractivity contribution is 0.465. The Labute approximate surface area is 59.6 Å². The van der Waals surface area contributed by atoms with Gasteiger partial charge in [0.25, 0.3) is 0 Å². The summed E-state index contributed by atoms with van der Waals surface area (Å²) < 4.78 is 0. The highest BCUT2D eigenvalue weighted by atomic mass is 35.5. The second kappa shape index (κ2) is 2.92. The minimum Gasteiger partial charge on any atom is -0.515 e. The van der Waals surface area contributed by atoms with Crippen LogP contribution in [0.4, 0.5) is 0 Å². The number of aliphatic hydroxyl groups is 1. The smallest absolute Gasteiger partial charge is 0.0838 e. The van der Waals surface area contributed by atoms with E-state index in [-0.39, 0.29) is 0 Å². The lowest BCUT2D eigenvalue weighted by atomic mass is 10.0. The largest absolute Gasteiger partial charge is 0.515 e. The van der Waals surface area contributed by atoms with E-state index in [1.54, 1.807) is 0 Å². The Bertz CT molecular complexity index is 158. The zero-order valence-corrected chi connectivity index (χ0v) is 5.86. The molecule has 0 fully saturated rings. The molecule has 0 heterocycles. The highest BCUT2D eigenvalue weighted by molar-refractivity contribution is 6.32. The molecule has 0 aromatic rings. The Morgan fingerprint density at radius 3 is 2.89 bits per heavy atom. The molecule has 0 aromatic heterocycles. The van der Waals surface area contributed by atoms with Crippen molar-refractivity contribution >= 4 is 11.6 Å². The summed E-state index contributed by atoms with van der Waals surface area (Å²) in [5.74, 6) is 0. The van der Waals surface area contributed by atoms with Crippen molar-refractivity contribution in [2.24, 2.45) is 0 Å². The summed E-state index contributed by atoms with van der Waals surface area (Å²) in [6.07, 6.45) is 6.08. The van der Waals surface area contributed by atoms with Crippen LogP contribution in [0.2, 0.25) is 0 Å². The first-order valence-electron chi connectivity index (χ1n) is 3.04. The Kier molecular flexibility index (Phi) is 2.17. The normalized spacial score (nSPS) is 24.1. The van der Waals surface area contributed by atoms with Crippen molar-refractivity contribution in [3.8, 4) is 0 Å². The molecule has 0 bridgehead atoms. The van der Waals surface area contributed by atoms with E-state index in [1.165, 1.54) is 0 Å². The summed E-state index contributed by atoms with van der Waals surface area (Å²) >= 11 is 5.72. The lowest BCUT2D eigenvalue weighted by Gasteiger charge is -2.08. The maximum absolute atomic E-state index is 8.57. The number of rotatable bonds is 0. The fourth-order valence-corrected chi connectivity index (χ4v) is 1.15. The van der Waals surface area contributed by atoms with Crippen LogP contribution in [0.15, 0.2) is 22.9 Å². The van der Waals surface area contributed by atoms with E-state index in [0.29, 0.717) is 5.03 Å². The Hall–Kier alpha value is -0.430. The van der Waals surface area contributed by atoms with Gasteiger partial charge in [-0.15, -0.1) is 0 Å². The van der Waals surface area contributed by atoms with Gasteiger partial charge in [-0.25, -0.2) is 0 Å². The third kappa shape index (κ3) is 1.49. The van der Waals surface area contributed by atoms with Gasteiger partial charge in [0.15, 0.2) is 0 Å². The summed E-state index contributed by atoms with van der Waals surface area (Å²) in [7, 11) is 0. The van der Waals surface area contributed by atoms with Crippen molar-refractivity contribution < 1.29 is 5.11 Å². The van der Waals surface area contributed by atoms with E-state index in [4.69, 9.17) is 16.7 Å². The van der Waals surface area contributed by atoms with Gasteiger partial charge in [0.2, 0.25) is 0 Å². The molecule has 0 saturated heterocycles. The number of hydrogen-bond acceptors (Lipinski definition) is 1. The Morgan fingerprint density at radius 2 is 2.44 bits per heavy atom. The standard InChI is InChI=1S/C7H9ClO/c8-7-4-2-1-3-6(7)5-9/h4-5,9H,1-3H2. The fraction of sp³-hybridized carbons (Fsp3) is 0.429. The van der Waals surface area contributed by atoms with E-state index < -0.39 is 0 Å². The summed E-state index contributed by atoms with van der Waals surface area (Å²) in [5.41, 5.74) is 0.864. The van der Waals surface area contributed by atoms with Gasteiger partial charge in [-0.1, -0.05) is 17.7 Å². The van der Waals surface area contributed by atoms with Crippen LogP contribution in [-0.2, 0) is 0 Å². The molecule has 0 atom stereocenters. The lowest BCUT2D eigenvalue weighted by Crippen LogP contribution is -1.90. The third-order valence-electron chi connectivity index (χ3n) is 1.44. The molecule has 0 unspecified atom stereocenters. The quantitative estimate of drug-likeness (QED) is 0.519. The van der Waals surface area contributed by atoms with Crippen LogP contribution in [0, 0.1) is 0 Å². The first-order valence-corrected chi connectivity index (χ1v) is 3.41. The highest BCUT2D eigenvalue weighted by Crippen LogP contribution is 2.25. The monoisotopic (exact) mass is 144 g/mol. The van der Waals surface area contributed by atoms with Gasteiger partial charge in [-0.3, -0.25) is 0 Å². The molecule has 1 aliphatic rings. The van der Waals surface area contributed by atoms with Crippen molar-refractivity contribution in [3.05, 3.63) is 22.9 Å². The van der Waals surface area contributed by atoms with E-state index in [1.807, 2.05) is 6.08 Å². The molecule has 0 amide bonds. The fourth-order valence-electron chi connectivity index (χ4n) is 0.898. The minimum atomic E-state index is 0.712. The van der Waals surface area contributed by atoms with Crippen molar-refractivity contribution in [1.82, 2.24) is 0 Å². The van der Waals surface area contributed by atoms with Gasteiger partial charge >= 0.3 is 0 Å². The molecule has 1 rings (SSSR count). The predicted octanol–water partition coefficient (Wildman–Crippen LogP) is 2.73. The molecule has 50 valence electrons. The summed E-state index contributed by atoms with van der Waals surface area (Å²) in [4.78, 5) is 0. The Balaban J connectivity index is 2.73. The number of hydrogen-bond donors (Lipinski definition) is 1. The minimum absolute atomic E-state index is 0.712. The number of allylic oxidation sites excluding steroid dienone is 3. The molecule has 0 radical (unpaired) electrons. The van der Waals surface area contributed by atoms with Crippen LogP contribution in [0.1, 0.15) is 19.3 Å². The van der Waals surface area contributed by atoms with E-state index in [0.717, 1.165) is 31.1 Å². The van der Waals surface area contributed by atoms with E-state index >= 15 is 0 Å². The molecule has 1 nitrogen and oxygen atoms in total. The molecule has 0 aliphatic heterocycles. The second-order valence-corrected chi connectivity index (χ2v) is 2.51. The predicted molar refractivity (Wildman–Crippen MR) is 38.5 cm³/mol. The average Bonchev–Trinajstić information content (AvgIpc) is 1.89. The van der Waals surface area contributed by atoms with Gasteiger partial charge in [0.1, 0.15) is 0 Å². The van der Waals surface area contributed by atoms with Gasteiger partial charge in [-0.05, 0) is 19.3 Å². The van der Waals surface area contributed by atoms with Gasteiger partial charge < -0.3 is 5.11 Å². The van der Waals surface area contributed by atoms with Crippen LogP contribution < -0.4 is 0 Å². The van der Waals surface area contributed by atoms with Crippen molar-refractivity contribution in [3.63, 3.8) is 0 Å². The van der Waals surface area contributed by atoms with Crippen molar-refractivity contribution in [1.29, 1.82) is 0 Å². The number of halogens is 1. The molecule has 0 spiro atoms. The van der Waals surface area contributed by atoms with Gasteiger partial charge in [-0.2, -0.15) is 0 Å². The topological polar surface area (TPSA) is 20.2 Å². The summed E-state index contributed by atoms with van der Waals surface area (Å²) in [6.45, 7) is 0. The maximum atomic E-state index is 8.57. The van der Waals surface area contributed by atoms with Gasteiger partial charge in [0.05, 0.1) is 6.26 Å². The molecular weight excluding hydrogens is 136 g/mol. The zero-order valence-electron chi connectivity index (χ0n) is 5.10. The second-order valence-electron chi connectivity index (χ2n) is 2.10. The van der Waals surface area contributed by atoms with Crippen LogP contribution in [-0.4, -0.2) is 5.11 Å². The average molecular weight is 145 g/mol. The third-order valence-corrected chi connectivity index (χ3v) is 1.83. The van der Waals surface area contributed by atoms with Crippen molar-refractivity contribution in [2.75, 3.05) is 0 Å². The zero-order chi connectivity index (χ0) is 6.69. The van der Waals surface area contributed by atoms with Crippen LogP contribution in [0.5, 0.6) is 0 Å². The van der Waals surface area contributed by atoms with Gasteiger partial charge in [0, 0.05) is 10.6 Å². The molecule has 2 heteroatoms. The molecule has 1 N–H and O–H groups in total. The van der Waals surface area contributed by atoms with E-state index in [2.05, 4.69) is 0 Å². The first kappa shape index (κ1) is 6.69. The Morgan fingerprint density at radius 1 is 1.67 bits per heavy atom. The first-order chi connectivity index (χ1) is 4.34.